The van der Waals surface area contributed by atoms with Gasteiger partial charge in [-0.15, -0.1) is 0 Å². The quantitative estimate of drug-likeness (QED) is 0.379. The second kappa shape index (κ2) is 10.1. The van der Waals surface area contributed by atoms with Crippen LogP contribution in [0.3, 0.4) is 0 Å². The third kappa shape index (κ3) is 4.42. The highest BCUT2D eigenvalue weighted by Crippen LogP contribution is 2.34. The number of urea groups is 1. The number of hydrogen-bond donors (Lipinski definition) is 0. The SMILES string of the molecule is Cc1ccc(-n2c(C)cc(C=C3C(=O)N(C4CCCCC4)C(=O)N(C4CCCCC4)C3=O)c2C)cc1. The Hall–Kier alpha value is -3.15. The Balaban J connectivity index is 1.56. The highest BCUT2D eigenvalue weighted by atomic mass is 16.2. The summed E-state index contributed by atoms with van der Waals surface area (Å²) in [7, 11) is 0. The Kier molecular flexibility index (Phi) is 6.87. The van der Waals surface area contributed by atoms with E-state index in [-0.39, 0.29) is 17.7 Å². The molecule has 1 aliphatic heterocycles. The van der Waals surface area contributed by atoms with Crippen LogP contribution < -0.4 is 0 Å². The molecule has 3 fully saturated rings. The van der Waals surface area contributed by atoms with Gasteiger partial charge in [0.1, 0.15) is 5.57 Å². The van der Waals surface area contributed by atoms with Crippen molar-refractivity contribution in [2.45, 2.75) is 97.1 Å². The molecule has 1 saturated heterocycles. The molecule has 6 heteroatoms. The Morgan fingerprint density at radius 3 is 1.72 bits per heavy atom. The van der Waals surface area contributed by atoms with Gasteiger partial charge in [0.05, 0.1) is 0 Å². The molecule has 0 unspecified atom stereocenters. The van der Waals surface area contributed by atoms with Crippen molar-refractivity contribution in [3.63, 3.8) is 0 Å². The summed E-state index contributed by atoms with van der Waals surface area (Å²) in [5.74, 6) is -0.854. The largest absolute Gasteiger partial charge is 0.334 e. The molecular weight excluding hydrogens is 450 g/mol. The van der Waals surface area contributed by atoms with E-state index in [0.29, 0.717) is 0 Å². The normalized spacial score (nSPS) is 20.4. The first-order valence-electron chi connectivity index (χ1n) is 13.6. The van der Waals surface area contributed by atoms with Crippen LogP contribution in [0.5, 0.6) is 0 Å². The van der Waals surface area contributed by atoms with E-state index in [2.05, 4.69) is 35.8 Å². The van der Waals surface area contributed by atoms with E-state index in [1.807, 2.05) is 19.9 Å². The van der Waals surface area contributed by atoms with E-state index in [0.717, 1.165) is 86.8 Å². The van der Waals surface area contributed by atoms with Crippen LogP contribution in [0.15, 0.2) is 35.9 Å². The molecule has 5 rings (SSSR count). The van der Waals surface area contributed by atoms with Crippen molar-refractivity contribution in [2.75, 3.05) is 0 Å². The van der Waals surface area contributed by atoms with Gasteiger partial charge >= 0.3 is 6.03 Å². The van der Waals surface area contributed by atoms with Crippen LogP contribution in [-0.2, 0) is 9.59 Å². The predicted octanol–water partition coefficient (Wildman–Crippen LogP) is 6.24. The molecule has 2 aliphatic carbocycles. The molecular formula is C30H37N3O3. The van der Waals surface area contributed by atoms with Crippen molar-refractivity contribution in [1.29, 1.82) is 0 Å². The van der Waals surface area contributed by atoms with Gasteiger partial charge in [0.2, 0.25) is 0 Å². The van der Waals surface area contributed by atoms with Crippen LogP contribution in [0, 0.1) is 20.8 Å². The second-order valence-electron chi connectivity index (χ2n) is 10.8. The van der Waals surface area contributed by atoms with Crippen molar-refractivity contribution in [3.8, 4) is 5.69 Å². The van der Waals surface area contributed by atoms with Gasteiger partial charge in [-0.25, -0.2) is 4.79 Å². The lowest BCUT2D eigenvalue weighted by molar-refractivity contribution is -0.139. The monoisotopic (exact) mass is 487 g/mol. The van der Waals surface area contributed by atoms with Crippen LogP contribution in [0.25, 0.3) is 11.8 Å². The van der Waals surface area contributed by atoms with Crippen LogP contribution >= 0.6 is 0 Å². The minimum absolute atomic E-state index is 0.120. The summed E-state index contributed by atoms with van der Waals surface area (Å²) in [6, 6.07) is 9.70. The first-order valence-corrected chi connectivity index (χ1v) is 13.6. The lowest BCUT2D eigenvalue weighted by atomic mass is 9.90. The zero-order valence-corrected chi connectivity index (χ0v) is 21.8. The number of carbonyl (C=O) groups excluding carboxylic acids is 3. The van der Waals surface area contributed by atoms with E-state index in [4.69, 9.17) is 0 Å². The van der Waals surface area contributed by atoms with Crippen molar-refractivity contribution in [3.05, 3.63) is 58.4 Å². The molecule has 2 saturated carbocycles. The number of aromatic nitrogens is 1. The van der Waals surface area contributed by atoms with Gasteiger partial charge in [-0.1, -0.05) is 56.2 Å². The van der Waals surface area contributed by atoms with Crippen LogP contribution in [0.4, 0.5) is 4.79 Å². The zero-order chi connectivity index (χ0) is 25.4. The standard InChI is InChI=1S/C30H37N3O3/c1-20-14-16-26(17-15-20)31-21(2)18-23(22(31)3)19-27-28(34)32(24-10-6-4-7-11-24)30(36)33(29(27)35)25-12-8-5-9-13-25/h14-19,24-25H,4-13H2,1-3H3. The highest BCUT2D eigenvalue weighted by molar-refractivity contribution is 6.31. The van der Waals surface area contributed by atoms with E-state index in [1.165, 1.54) is 15.4 Å². The molecule has 0 spiro atoms. The minimum Gasteiger partial charge on any atom is -0.318 e. The maximum atomic E-state index is 13.8. The average molecular weight is 488 g/mol. The molecule has 36 heavy (non-hydrogen) atoms. The molecule has 1 aromatic heterocycles. The van der Waals surface area contributed by atoms with Gasteiger partial charge < -0.3 is 4.57 Å². The van der Waals surface area contributed by atoms with Gasteiger partial charge in [0.25, 0.3) is 11.8 Å². The Morgan fingerprint density at radius 1 is 0.722 bits per heavy atom. The third-order valence-electron chi connectivity index (χ3n) is 8.25. The Bertz CT molecular complexity index is 1150. The number of rotatable bonds is 4. The van der Waals surface area contributed by atoms with E-state index in [1.54, 1.807) is 6.08 Å². The lowest BCUT2D eigenvalue weighted by Gasteiger charge is -2.43. The number of amides is 4. The third-order valence-corrected chi connectivity index (χ3v) is 8.25. The summed E-state index contributed by atoms with van der Waals surface area (Å²) >= 11 is 0. The van der Waals surface area contributed by atoms with Gasteiger partial charge in [0.15, 0.2) is 0 Å². The molecule has 1 aromatic carbocycles. The van der Waals surface area contributed by atoms with Crippen molar-refractivity contribution in [1.82, 2.24) is 14.4 Å². The highest BCUT2D eigenvalue weighted by Gasteiger charge is 2.47. The number of hydrogen-bond acceptors (Lipinski definition) is 3. The summed E-state index contributed by atoms with van der Waals surface area (Å²) in [6.07, 6.45) is 11.3. The summed E-state index contributed by atoms with van der Waals surface area (Å²) < 4.78 is 2.15. The van der Waals surface area contributed by atoms with E-state index in [9.17, 15) is 14.4 Å². The summed E-state index contributed by atoms with van der Waals surface area (Å²) in [5, 5.41) is 0. The van der Waals surface area contributed by atoms with Crippen molar-refractivity contribution in [2.24, 2.45) is 0 Å². The first-order chi connectivity index (χ1) is 17.4. The number of barbiturate groups is 1. The fourth-order valence-corrected chi connectivity index (χ4v) is 6.27. The summed E-state index contributed by atoms with van der Waals surface area (Å²) in [4.78, 5) is 44.1. The maximum absolute atomic E-state index is 13.8. The molecule has 0 N–H and O–H groups in total. The van der Waals surface area contributed by atoms with Gasteiger partial charge in [0, 0.05) is 29.2 Å². The van der Waals surface area contributed by atoms with E-state index < -0.39 is 17.8 Å². The number of nitrogens with zero attached hydrogens (tertiary/aromatic N) is 3. The maximum Gasteiger partial charge on any atom is 0.334 e. The molecule has 0 radical (unpaired) electrons. The molecule has 2 heterocycles. The molecule has 4 amide bonds. The van der Waals surface area contributed by atoms with Crippen LogP contribution in [-0.4, -0.2) is 44.3 Å². The smallest absolute Gasteiger partial charge is 0.318 e. The topological polar surface area (TPSA) is 62.6 Å². The fraction of sp³-hybridized carbons (Fsp3) is 0.500. The van der Waals surface area contributed by atoms with Crippen LogP contribution in [0.2, 0.25) is 0 Å². The van der Waals surface area contributed by atoms with Gasteiger partial charge in [-0.05, 0) is 76.3 Å². The molecule has 6 nitrogen and oxygen atoms in total. The molecule has 3 aliphatic rings. The molecule has 0 atom stereocenters. The second-order valence-corrected chi connectivity index (χ2v) is 10.8. The summed E-state index contributed by atoms with van der Waals surface area (Å²) in [6.45, 7) is 6.11. The molecule has 2 aromatic rings. The Labute approximate surface area is 214 Å². The van der Waals surface area contributed by atoms with Gasteiger partial charge in [-0.3, -0.25) is 19.4 Å². The number of benzene rings is 1. The van der Waals surface area contributed by atoms with Crippen LogP contribution in [0.1, 0.15) is 86.7 Å². The molecule has 0 bridgehead atoms. The number of carbonyl (C=O) groups is 3. The number of aryl methyl sites for hydroxylation is 2. The van der Waals surface area contributed by atoms with Crippen molar-refractivity contribution < 1.29 is 14.4 Å². The van der Waals surface area contributed by atoms with Crippen molar-refractivity contribution >= 4 is 23.9 Å². The zero-order valence-electron chi connectivity index (χ0n) is 21.8. The van der Waals surface area contributed by atoms with E-state index >= 15 is 0 Å². The molecule has 190 valence electrons. The minimum atomic E-state index is -0.427. The first kappa shape index (κ1) is 24.5. The number of imide groups is 2. The Morgan fingerprint density at radius 2 is 1.22 bits per heavy atom. The van der Waals surface area contributed by atoms with Gasteiger partial charge in [-0.2, -0.15) is 0 Å². The summed E-state index contributed by atoms with van der Waals surface area (Å²) in [5.41, 5.74) is 5.20. The fourth-order valence-electron chi connectivity index (χ4n) is 6.27. The average Bonchev–Trinajstić information content (AvgIpc) is 3.16. The lowest BCUT2D eigenvalue weighted by Crippen LogP contribution is -2.62. The predicted molar refractivity (Wildman–Crippen MR) is 141 cm³/mol.